The van der Waals surface area contributed by atoms with Gasteiger partial charge in [0, 0.05) is 17.1 Å². The van der Waals surface area contributed by atoms with Crippen molar-refractivity contribution in [2.24, 2.45) is 5.92 Å². The number of ether oxygens (including phenoxy) is 1. The van der Waals surface area contributed by atoms with Gasteiger partial charge in [-0.2, -0.15) is 0 Å². The van der Waals surface area contributed by atoms with E-state index in [1.54, 1.807) is 49.9 Å². The Balaban J connectivity index is 3.69. The molecule has 4 atom stereocenters. The fourth-order valence-electron chi connectivity index (χ4n) is 3.80. The number of carbonyl (C=O) groups excluding carboxylic acids is 3. The second kappa shape index (κ2) is 12.8. The van der Waals surface area contributed by atoms with E-state index in [1.807, 2.05) is 48.5 Å². The molecule has 0 aliphatic carbocycles. The molecule has 7 heteroatoms. The van der Waals surface area contributed by atoms with Gasteiger partial charge in [-0.1, -0.05) is 51.3 Å². The minimum atomic E-state index is -0.981. The summed E-state index contributed by atoms with van der Waals surface area (Å²) in [4.78, 5) is 42.3. The van der Waals surface area contributed by atoms with E-state index in [0.29, 0.717) is 24.0 Å². The number of terminal acetylenes is 1. The van der Waals surface area contributed by atoms with E-state index in [1.165, 1.54) is 0 Å². The van der Waals surface area contributed by atoms with Gasteiger partial charge >= 0.3 is 6.09 Å². The van der Waals surface area contributed by atoms with Gasteiger partial charge in [0.2, 0.25) is 11.8 Å². The minimum Gasteiger partial charge on any atom is -0.444 e. The van der Waals surface area contributed by atoms with Crippen LogP contribution in [0.4, 0.5) is 4.79 Å². The van der Waals surface area contributed by atoms with Crippen LogP contribution in [-0.4, -0.2) is 46.0 Å². The summed E-state index contributed by atoms with van der Waals surface area (Å²) in [5.41, 5.74) is -0.150. The molecule has 7 nitrogen and oxygen atoms in total. The predicted molar refractivity (Wildman–Crippen MR) is 144 cm³/mol. The third-order valence-electron chi connectivity index (χ3n) is 5.91. The molecule has 1 rings (SSSR count). The maximum atomic E-state index is 14.3. The number of amides is 3. The van der Waals surface area contributed by atoms with Crippen molar-refractivity contribution in [3.05, 3.63) is 35.4 Å². The standard InChI is InChI=1S/C29H45N3O4/c1-12-19(4)23(30-27(35)36-29(9,10)11)26(34)32(20(5)13-2)24(25(33)31-28(6,7)8)22-18-16-15-17-21(22)14-3/h3,15-20,23-24H,12-13H2,1-2,4-11H3,(H,30,35)(H,31,33). The quantitative estimate of drug-likeness (QED) is 0.458. The van der Waals surface area contributed by atoms with Gasteiger partial charge in [0.05, 0.1) is 0 Å². The largest absolute Gasteiger partial charge is 0.444 e. The summed E-state index contributed by atoms with van der Waals surface area (Å²) in [7, 11) is 0. The highest BCUT2D eigenvalue weighted by Gasteiger charge is 2.41. The Hall–Kier alpha value is -3.01. The van der Waals surface area contributed by atoms with Crippen LogP contribution in [0.3, 0.4) is 0 Å². The van der Waals surface area contributed by atoms with Crippen LogP contribution in [-0.2, 0) is 14.3 Å². The van der Waals surface area contributed by atoms with Crippen molar-refractivity contribution in [1.29, 1.82) is 0 Å². The van der Waals surface area contributed by atoms with E-state index in [9.17, 15) is 14.4 Å². The van der Waals surface area contributed by atoms with Crippen molar-refractivity contribution in [2.75, 3.05) is 0 Å². The molecule has 3 amide bonds. The van der Waals surface area contributed by atoms with Gasteiger partial charge in [0.25, 0.3) is 0 Å². The molecular weight excluding hydrogens is 454 g/mol. The molecule has 0 bridgehead atoms. The second-order valence-corrected chi connectivity index (χ2v) is 11.4. The zero-order valence-corrected chi connectivity index (χ0v) is 23.7. The fraction of sp³-hybridized carbons (Fsp3) is 0.621. The maximum Gasteiger partial charge on any atom is 0.408 e. The first-order valence-corrected chi connectivity index (χ1v) is 12.8. The molecule has 1 aromatic carbocycles. The lowest BCUT2D eigenvalue weighted by Crippen LogP contribution is -2.58. The summed E-state index contributed by atoms with van der Waals surface area (Å²) in [6.07, 6.45) is 6.36. The molecule has 0 radical (unpaired) electrons. The highest BCUT2D eigenvalue weighted by atomic mass is 16.6. The first-order chi connectivity index (χ1) is 16.6. The number of carbonyl (C=O) groups is 3. The molecule has 0 aliphatic rings. The zero-order valence-electron chi connectivity index (χ0n) is 23.7. The molecule has 0 fully saturated rings. The van der Waals surface area contributed by atoms with Gasteiger partial charge < -0.3 is 20.3 Å². The van der Waals surface area contributed by atoms with Crippen LogP contribution in [0.5, 0.6) is 0 Å². The van der Waals surface area contributed by atoms with Gasteiger partial charge in [-0.15, -0.1) is 6.42 Å². The molecule has 36 heavy (non-hydrogen) atoms. The number of hydrogen-bond acceptors (Lipinski definition) is 4. The summed E-state index contributed by atoms with van der Waals surface area (Å²) in [5, 5.41) is 5.81. The number of nitrogens with one attached hydrogen (secondary N) is 2. The SMILES string of the molecule is C#Cc1ccccc1C(C(=O)NC(C)(C)C)N(C(=O)C(NC(=O)OC(C)(C)C)C(C)CC)C(C)CC. The van der Waals surface area contributed by atoms with E-state index in [0.717, 1.165) is 0 Å². The van der Waals surface area contributed by atoms with Crippen LogP contribution in [0.25, 0.3) is 0 Å². The lowest BCUT2D eigenvalue weighted by molar-refractivity contribution is -0.146. The summed E-state index contributed by atoms with van der Waals surface area (Å²) in [6, 6.07) is 4.97. The number of hydrogen-bond donors (Lipinski definition) is 2. The van der Waals surface area contributed by atoms with Crippen LogP contribution in [0.2, 0.25) is 0 Å². The lowest BCUT2D eigenvalue weighted by Gasteiger charge is -2.40. The van der Waals surface area contributed by atoms with E-state index in [2.05, 4.69) is 16.6 Å². The molecule has 0 aromatic heterocycles. The normalized spacial score (nSPS) is 15.0. The lowest BCUT2D eigenvalue weighted by atomic mass is 9.92. The minimum absolute atomic E-state index is 0.203. The highest BCUT2D eigenvalue weighted by Crippen LogP contribution is 2.30. The molecule has 0 aliphatic heterocycles. The van der Waals surface area contributed by atoms with Crippen molar-refractivity contribution in [1.82, 2.24) is 15.5 Å². The summed E-state index contributed by atoms with van der Waals surface area (Å²) in [5.74, 6) is 1.76. The van der Waals surface area contributed by atoms with Gasteiger partial charge in [0.15, 0.2) is 0 Å². The second-order valence-electron chi connectivity index (χ2n) is 11.4. The van der Waals surface area contributed by atoms with Gasteiger partial charge in [-0.05, 0) is 72.4 Å². The Kier molecular flexibility index (Phi) is 11.0. The average Bonchev–Trinajstić information content (AvgIpc) is 2.77. The Labute approximate surface area is 217 Å². The monoisotopic (exact) mass is 499 g/mol. The van der Waals surface area contributed by atoms with Crippen molar-refractivity contribution >= 4 is 17.9 Å². The van der Waals surface area contributed by atoms with E-state index in [4.69, 9.17) is 11.2 Å². The van der Waals surface area contributed by atoms with E-state index >= 15 is 0 Å². The van der Waals surface area contributed by atoms with Crippen molar-refractivity contribution in [3.63, 3.8) is 0 Å². The van der Waals surface area contributed by atoms with Crippen molar-refractivity contribution in [3.8, 4) is 12.3 Å². The molecule has 0 saturated carbocycles. The van der Waals surface area contributed by atoms with Gasteiger partial charge in [-0.3, -0.25) is 9.59 Å². The Morgan fingerprint density at radius 2 is 1.61 bits per heavy atom. The maximum absolute atomic E-state index is 14.3. The smallest absolute Gasteiger partial charge is 0.408 e. The Morgan fingerprint density at radius 3 is 2.08 bits per heavy atom. The zero-order chi connectivity index (χ0) is 27.8. The summed E-state index contributed by atoms with van der Waals surface area (Å²) >= 11 is 0. The van der Waals surface area contributed by atoms with Crippen LogP contribution < -0.4 is 10.6 Å². The summed E-state index contributed by atoms with van der Waals surface area (Å²) in [6.45, 7) is 18.7. The average molecular weight is 500 g/mol. The van der Waals surface area contributed by atoms with Gasteiger partial charge in [0.1, 0.15) is 17.7 Å². The van der Waals surface area contributed by atoms with Crippen LogP contribution in [0.15, 0.2) is 24.3 Å². The third kappa shape index (κ3) is 8.89. The fourth-order valence-corrected chi connectivity index (χ4v) is 3.80. The first-order valence-electron chi connectivity index (χ1n) is 12.8. The van der Waals surface area contributed by atoms with E-state index in [-0.39, 0.29) is 23.8 Å². The molecule has 4 unspecified atom stereocenters. The number of nitrogens with zero attached hydrogens (tertiary/aromatic N) is 1. The molecule has 0 heterocycles. The first kappa shape index (κ1) is 31.0. The molecule has 2 N–H and O–H groups in total. The predicted octanol–water partition coefficient (Wildman–Crippen LogP) is 5.19. The van der Waals surface area contributed by atoms with Gasteiger partial charge in [-0.25, -0.2) is 4.79 Å². The summed E-state index contributed by atoms with van der Waals surface area (Å²) < 4.78 is 5.45. The van der Waals surface area contributed by atoms with Crippen molar-refractivity contribution < 1.29 is 19.1 Å². The topological polar surface area (TPSA) is 87.7 Å². The van der Waals surface area contributed by atoms with Crippen LogP contribution in [0, 0.1) is 18.3 Å². The number of benzene rings is 1. The van der Waals surface area contributed by atoms with Crippen LogP contribution >= 0.6 is 0 Å². The van der Waals surface area contributed by atoms with E-state index < -0.39 is 29.3 Å². The third-order valence-corrected chi connectivity index (χ3v) is 5.91. The number of rotatable bonds is 9. The molecular formula is C29H45N3O4. The Bertz CT molecular complexity index is 952. The molecule has 200 valence electrons. The Morgan fingerprint density at radius 1 is 1.03 bits per heavy atom. The van der Waals surface area contributed by atoms with Crippen molar-refractivity contribution in [2.45, 2.75) is 111 Å². The molecule has 0 spiro atoms. The molecule has 0 saturated heterocycles. The number of alkyl carbamates (subject to hydrolysis) is 1. The highest BCUT2D eigenvalue weighted by molar-refractivity contribution is 5.93. The molecule has 1 aromatic rings. The van der Waals surface area contributed by atoms with Crippen LogP contribution in [0.1, 0.15) is 99.2 Å².